The average molecular weight is 258 g/mol. The predicted molar refractivity (Wildman–Crippen MR) is 71.6 cm³/mol. The average Bonchev–Trinajstić information content (AvgIpc) is 2.25. The number of rotatable bonds is 7. The lowest BCUT2D eigenvalue weighted by Gasteiger charge is -2.09. The van der Waals surface area contributed by atoms with Crippen LogP contribution in [0, 0.1) is 5.92 Å². The van der Waals surface area contributed by atoms with Crippen molar-refractivity contribution in [2.75, 3.05) is 25.6 Å². The van der Waals surface area contributed by atoms with Gasteiger partial charge in [0.25, 0.3) is 0 Å². The molecule has 0 bridgehead atoms. The third-order valence-electron chi connectivity index (χ3n) is 2.28. The van der Waals surface area contributed by atoms with E-state index < -0.39 is 0 Å². The van der Waals surface area contributed by atoms with Gasteiger partial charge in [0.15, 0.2) is 0 Å². The molecule has 0 spiro atoms. The summed E-state index contributed by atoms with van der Waals surface area (Å²) in [5.41, 5.74) is 6.22. The number of nitrogens with two attached hydrogens (primary N) is 1. The molecule has 17 heavy (non-hydrogen) atoms. The molecule has 0 atom stereocenters. The van der Waals surface area contributed by atoms with Gasteiger partial charge in [-0.1, -0.05) is 25.4 Å². The molecule has 3 nitrogen and oxygen atoms in total. The second-order valence-corrected chi connectivity index (χ2v) is 4.74. The molecule has 1 rings (SSSR count). The summed E-state index contributed by atoms with van der Waals surface area (Å²) in [7, 11) is 0. The van der Waals surface area contributed by atoms with Gasteiger partial charge in [-0.3, -0.25) is 0 Å². The minimum absolute atomic E-state index is 0.502. The molecular formula is C13H20ClNO2. The molecule has 0 aliphatic heterocycles. The summed E-state index contributed by atoms with van der Waals surface area (Å²) in [6.45, 7) is 6.20. The summed E-state index contributed by atoms with van der Waals surface area (Å²) in [5.74, 6) is 1.32. The van der Waals surface area contributed by atoms with Crippen LogP contribution in [0.1, 0.15) is 20.3 Å². The Balaban J connectivity index is 2.18. The molecule has 0 fully saturated rings. The summed E-state index contributed by atoms with van der Waals surface area (Å²) in [6, 6.07) is 5.21. The Bertz CT molecular complexity index is 342. The lowest BCUT2D eigenvalue weighted by Crippen LogP contribution is -2.08. The highest BCUT2D eigenvalue weighted by molar-refractivity contribution is 6.32. The topological polar surface area (TPSA) is 44.5 Å². The van der Waals surface area contributed by atoms with Gasteiger partial charge in [-0.15, -0.1) is 0 Å². The molecular weight excluding hydrogens is 238 g/mol. The van der Waals surface area contributed by atoms with Gasteiger partial charge in [0.2, 0.25) is 0 Å². The molecule has 1 aromatic rings. The van der Waals surface area contributed by atoms with Crippen molar-refractivity contribution < 1.29 is 9.47 Å². The SMILES string of the molecule is CC(C)CCOCCOc1ccc(N)cc1Cl. The molecule has 96 valence electrons. The Kier molecular flexibility index (Phi) is 6.16. The van der Waals surface area contributed by atoms with E-state index >= 15 is 0 Å². The van der Waals surface area contributed by atoms with E-state index in [-0.39, 0.29) is 0 Å². The lowest BCUT2D eigenvalue weighted by molar-refractivity contribution is 0.0926. The second kappa shape index (κ2) is 7.41. The molecule has 0 aromatic heterocycles. The van der Waals surface area contributed by atoms with E-state index in [2.05, 4.69) is 13.8 Å². The molecule has 0 amide bonds. The monoisotopic (exact) mass is 257 g/mol. The largest absolute Gasteiger partial charge is 0.490 e. The van der Waals surface area contributed by atoms with Crippen LogP contribution in [0.15, 0.2) is 18.2 Å². The van der Waals surface area contributed by atoms with Crippen molar-refractivity contribution in [3.63, 3.8) is 0 Å². The molecule has 0 heterocycles. The fourth-order valence-electron chi connectivity index (χ4n) is 1.27. The number of anilines is 1. The van der Waals surface area contributed by atoms with Crippen LogP contribution in [-0.2, 0) is 4.74 Å². The number of hydrogen-bond acceptors (Lipinski definition) is 3. The van der Waals surface area contributed by atoms with E-state index in [1.165, 1.54) is 0 Å². The summed E-state index contributed by atoms with van der Waals surface area (Å²) < 4.78 is 10.9. The van der Waals surface area contributed by atoms with Crippen LogP contribution in [0.3, 0.4) is 0 Å². The van der Waals surface area contributed by atoms with Gasteiger partial charge in [0, 0.05) is 12.3 Å². The maximum atomic E-state index is 5.97. The summed E-state index contributed by atoms with van der Waals surface area (Å²) in [6.07, 6.45) is 1.07. The highest BCUT2D eigenvalue weighted by Crippen LogP contribution is 2.26. The van der Waals surface area contributed by atoms with Gasteiger partial charge in [-0.25, -0.2) is 0 Å². The van der Waals surface area contributed by atoms with Crippen LogP contribution in [0.4, 0.5) is 5.69 Å². The number of halogens is 1. The van der Waals surface area contributed by atoms with E-state index in [0.29, 0.717) is 35.6 Å². The number of ether oxygens (including phenoxy) is 2. The van der Waals surface area contributed by atoms with Crippen LogP contribution < -0.4 is 10.5 Å². The smallest absolute Gasteiger partial charge is 0.138 e. The number of hydrogen-bond donors (Lipinski definition) is 1. The maximum absolute atomic E-state index is 5.97. The zero-order valence-corrected chi connectivity index (χ0v) is 11.2. The zero-order chi connectivity index (χ0) is 12.7. The zero-order valence-electron chi connectivity index (χ0n) is 10.4. The van der Waals surface area contributed by atoms with E-state index in [4.69, 9.17) is 26.8 Å². The van der Waals surface area contributed by atoms with Crippen LogP contribution in [0.2, 0.25) is 5.02 Å². The number of nitrogen functional groups attached to an aromatic ring is 1. The van der Waals surface area contributed by atoms with Crippen molar-refractivity contribution in [2.24, 2.45) is 5.92 Å². The van der Waals surface area contributed by atoms with E-state index in [1.54, 1.807) is 18.2 Å². The van der Waals surface area contributed by atoms with Crippen LogP contribution in [-0.4, -0.2) is 19.8 Å². The van der Waals surface area contributed by atoms with Crippen molar-refractivity contribution in [3.05, 3.63) is 23.2 Å². The van der Waals surface area contributed by atoms with Crippen molar-refractivity contribution in [3.8, 4) is 5.75 Å². The molecule has 0 aliphatic rings. The quantitative estimate of drug-likeness (QED) is 0.602. The minimum Gasteiger partial charge on any atom is -0.490 e. The Morgan fingerprint density at radius 2 is 2.00 bits per heavy atom. The third kappa shape index (κ3) is 5.80. The third-order valence-corrected chi connectivity index (χ3v) is 2.58. The van der Waals surface area contributed by atoms with Crippen molar-refractivity contribution in [1.29, 1.82) is 0 Å². The van der Waals surface area contributed by atoms with Gasteiger partial charge in [-0.05, 0) is 30.5 Å². The predicted octanol–water partition coefficient (Wildman–Crippen LogP) is 3.36. The Hall–Kier alpha value is -0.930. The van der Waals surface area contributed by atoms with E-state index in [0.717, 1.165) is 13.0 Å². The first kappa shape index (κ1) is 14.1. The first-order valence-electron chi connectivity index (χ1n) is 5.85. The highest BCUT2D eigenvalue weighted by Gasteiger charge is 2.01. The Labute approximate surface area is 108 Å². The summed E-state index contributed by atoms with van der Waals surface area (Å²) in [5, 5.41) is 0.534. The molecule has 0 saturated heterocycles. The van der Waals surface area contributed by atoms with Crippen LogP contribution in [0.25, 0.3) is 0 Å². The lowest BCUT2D eigenvalue weighted by atomic mass is 10.1. The maximum Gasteiger partial charge on any atom is 0.138 e. The first-order chi connectivity index (χ1) is 8.09. The van der Waals surface area contributed by atoms with Gasteiger partial charge >= 0.3 is 0 Å². The van der Waals surface area contributed by atoms with Crippen molar-refractivity contribution >= 4 is 17.3 Å². The van der Waals surface area contributed by atoms with Gasteiger partial charge in [0.1, 0.15) is 12.4 Å². The Morgan fingerprint density at radius 3 is 2.65 bits per heavy atom. The molecule has 2 N–H and O–H groups in total. The van der Waals surface area contributed by atoms with Gasteiger partial charge in [-0.2, -0.15) is 0 Å². The van der Waals surface area contributed by atoms with Crippen LogP contribution >= 0.6 is 11.6 Å². The first-order valence-corrected chi connectivity index (χ1v) is 6.23. The molecule has 0 aliphatic carbocycles. The Morgan fingerprint density at radius 1 is 1.24 bits per heavy atom. The summed E-state index contributed by atoms with van der Waals surface area (Å²) in [4.78, 5) is 0. The van der Waals surface area contributed by atoms with Crippen molar-refractivity contribution in [2.45, 2.75) is 20.3 Å². The van der Waals surface area contributed by atoms with Gasteiger partial charge in [0.05, 0.1) is 11.6 Å². The molecule has 4 heteroatoms. The molecule has 1 aromatic carbocycles. The molecule has 0 unspecified atom stereocenters. The summed E-state index contributed by atoms with van der Waals surface area (Å²) >= 11 is 5.97. The van der Waals surface area contributed by atoms with Crippen molar-refractivity contribution in [1.82, 2.24) is 0 Å². The van der Waals surface area contributed by atoms with Gasteiger partial charge < -0.3 is 15.2 Å². The molecule has 0 saturated carbocycles. The van der Waals surface area contributed by atoms with E-state index in [1.807, 2.05) is 0 Å². The molecule has 0 radical (unpaired) electrons. The fourth-order valence-corrected chi connectivity index (χ4v) is 1.51. The highest BCUT2D eigenvalue weighted by atomic mass is 35.5. The van der Waals surface area contributed by atoms with E-state index in [9.17, 15) is 0 Å². The van der Waals surface area contributed by atoms with Crippen LogP contribution in [0.5, 0.6) is 5.75 Å². The minimum atomic E-state index is 0.502. The fraction of sp³-hybridized carbons (Fsp3) is 0.538. The second-order valence-electron chi connectivity index (χ2n) is 4.33. The standard InChI is InChI=1S/C13H20ClNO2/c1-10(2)5-6-16-7-8-17-13-4-3-11(15)9-12(13)14/h3-4,9-10H,5-8,15H2,1-2H3. The number of benzene rings is 1. The normalized spacial score (nSPS) is 10.8.